The first-order chi connectivity index (χ1) is 37.1. The summed E-state index contributed by atoms with van der Waals surface area (Å²) < 4.78 is 0. The third kappa shape index (κ3) is 10.5. The zero-order valence-electron chi connectivity index (χ0n) is 44.7. The number of aliphatic carboxylic acids is 4. The van der Waals surface area contributed by atoms with E-state index in [0.29, 0.717) is 11.4 Å². The summed E-state index contributed by atoms with van der Waals surface area (Å²) >= 11 is 0. The van der Waals surface area contributed by atoms with Gasteiger partial charge < -0.3 is 30.2 Å². The smallest absolute Gasteiger partial charge is 0.323 e. The van der Waals surface area contributed by atoms with Gasteiger partial charge in [0.15, 0.2) is 0 Å². The molecule has 0 amide bonds. The molecule has 2 aliphatic rings. The molecule has 10 heteroatoms. The van der Waals surface area contributed by atoms with Crippen LogP contribution in [0, 0.1) is 0 Å². The normalized spacial score (nSPS) is 13.5. The van der Waals surface area contributed by atoms with Crippen LogP contribution in [0.2, 0.25) is 0 Å². The summed E-state index contributed by atoms with van der Waals surface area (Å²) in [5.74, 6) is -4.63. The van der Waals surface area contributed by atoms with Gasteiger partial charge in [-0.05, 0) is 127 Å². The number of fused-ring (bicyclic) bond motifs is 6. The van der Waals surface area contributed by atoms with Gasteiger partial charge >= 0.3 is 23.9 Å². The second-order valence-electron chi connectivity index (χ2n) is 21.7. The van der Waals surface area contributed by atoms with E-state index in [4.69, 9.17) is 0 Å². The molecule has 0 aromatic heterocycles. The molecule has 2 aliphatic carbocycles. The van der Waals surface area contributed by atoms with Crippen LogP contribution >= 0.6 is 0 Å². The second-order valence-corrected chi connectivity index (χ2v) is 21.7. The highest BCUT2D eigenvalue weighted by Crippen LogP contribution is 2.59. The van der Waals surface area contributed by atoms with Crippen LogP contribution in [0.1, 0.15) is 136 Å². The summed E-state index contributed by atoms with van der Waals surface area (Å²) in [5.41, 5.74) is 15.3. The van der Waals surface area contributed by atoms with E-state index in [9.17, 15) is 39.6 Å². The Bertz CT molecular complexity index is 3170. The van der Waals surface area contributed by atoms with Gasteiger partial charge in [-0.25, -0.2) is 0 Å². The van der Waals surface area contributed by atoms with E-state index in [1.807, 2.05) is 36.4 Å². The molecule has 0 unspecified atom stereocenters. The number of carboxylic acids is 4. The molecule has 0 spiro atoms. The average molecular weight is 1030 g/mol. The number of benzene rings is 7. The van der Waals surface area contributed by atoms with Crippen molar-refractivity contribution in [3.05, 3.63) is 202 Å². The predicted molar refractivity (Wildman–Crippen MR) is 306 cm³/mol. The van der Waals surface area contributed by atoms with Crippen LogP contribution in [0.4, 0.5) is 11.4 Å². The maximum absolute atomic E-state index is 12.0. The lowest BCUT2D eigenvalue weighted by molar-refractivity contribution is -0.138. The minimum absolute atomic E-state index is 0.199. The van der Waals surface area contributed by atoms with Crippen LogP contribution in [0.15, 0.2) is 158 Å². The summed E-state index contributed by atoms with van der Waals surface area (Å²) in [5, 5.41) is 39.2. The molecule has 4 N–H and O–H groups in total. The fourth-order valence-electron chi connectivity index (χ4n) is 12.7. The Balaban J connectivity index is 1.24. The number of carboxylic acid groups (broad SMARTS) is 4. The Morgan fingerprint density at radius 1 is 0.416 bits per heavy atom. The Morgan fingerprint density at radius 2 is 0.831 bits per heavy atom. The zero-order valence-corrected chi connectivity index (χ0v) is 44.7. The van der Waals surface area contributed by atoms with Gasteiger partial charge in [0.1, 0.15) is 26.2 Å². The highest BCUT2D eigenvalue weighted by molar-refractivity contribution is 5.91. The SMILES string of the molecule is CCCCCCC1(CCCCCC)c2cc(-c3ccc4c(c3)C(c3ccc(N(CC(=O)O)CC(=O)O)cc3)(c3ccc(N(CC(=O)O)CC(=O)O)cc3)c3ccccc3-4)ccc2-c2ccc(C(C)(C)c3ccccc3)cc21. The molecule has 396 valence electrons. The minimum atomic E-state index is -1.16. The van der Waals surface area contributed by atoms with Gasteiger partial charge in [0.05, 0.1) is 5.41 Å². The van der Waals surface area contributed by atoms with Crippen molar-refractivity contribution >= 4 is 35.3 Å². The van der Waals surface area contributed by atoms with Crippen molar-refractivity contribution in [3.63, 3.8) is 0 Å². The average Bonchev–Trinajstić information content (AvgIpc) is 4.05. The van der Waals surface area contributed by atoms with Gasteiger partial charge in [0.2, 0.25) is 0 Å². The van der Waals surface area contributed by atoms with Crippen molar-refractivity contribution in [1.82, 2.24) is 0 Å². The van der Waals surface area contributed by atoms with Gasteiger partial charge in [-0.1, -0.05) is 200 Å². The Morgan fingerprint density at radius 3 is 1.31 bits per heavy atom. The minimum Gasteiger partial charge on any atom is -0.480 e. The standard InChI is InChI=1S/C67H70N2O8/c1-5-7-9-16-36-66(37-17-10-8-6-2)58-38-45(22-33-54(58)55-35-28-50(40-59(55)66)65(3,4)47-18-12-11-13-19-47)46-23-34-56-53-20-14-15-21-57(53)67(60(56)39-46,48-24-29-51(30-25-48)68(41-61(70)71)42-62(72)73)49-26-31-52(32-27-49)69(43-63(74)75)44-64(76)77/h11-15,18-35,38-40H,5-10,16-17,36-37,41-44H2,1-4H3,(H,70,71)(H,72,73)(H,74,75)(H,76,77). The number of hydrogen-bond donors (Lipinski definition) is 4. The topological polar surface area (TPSA) is 156 Å². The van der Waals surface area contributed by atoms with E-state index in [1.165, 1.54) is 68.9 Å². The molecule has 0 radical (unpaired) electrons. The molecule has 0 atom stereocenters. The van der Waals surface area contributed by atoms with E-state index >= 15 is 0 Å². The third-order valence-corrected chi connectivity index (χ3v) is 16.5. The van der Waals surface area contributed by atoms with Crippen molar-refractivity contribution < 1.29 is 39.6 Å². The molecule has 77 heavy (non-hydrogen) atoms. The highest BCUT2D eigenvalue weighted by atomic mass is 16.4. The van der Waals surface area contributed by atoms with Crippen molar-refractivity contribution in [2.45, 2.75) is 108 Å². The lowest BCUT2D eigenvalue weighted by Crippen LogP contribution is -2.35. The number of nitrogens with zero attached hydrogens (tertiary/aromatic N) is 2. The molecule has 0 saturated carbocycles. The van der Waals surface area contributed by atoms with Crippen LogP contribution in [-0.2, 0) is 35.4 Å². The maximum atomic E-state index is 12.0. The molecule has 0 saturated heterocycles. The van der Waals surface area contributed by atoms with Crippen LogP contribution in [-0.4, -0.2) is 70.5 Å². The first-order valence-corrected chi connectivity index (χ1v) is 27.3. The molecule has 7 aromatic rings. The van der Waals surface area contributed by atoms with Gasteiger partial charge in [-0.3, -0.25) is 19.2 Å². The van der Waals surface area contributed by atoms with Crippen molar-refractivity contribution in [3.8, 4) is 33.4 Å². The first kappa shape index (κ1) is 53.8. The highest BCUT2D eigenvalue weighted by Gasteiger charge is 2.47. The second kappa shape index (κ2) is 22.7. The zero-order chi connectivity index (χ0) is 54.5. The number of carbonyl (C=O) groups is 4. The van der Waals surface area contributed by atoms with E-state index in [2.05, 4.69) is 125 Å². The number of anilines is 2. The lowest BCUT2D eigenvalue weighted by atomic mass is 9.67. The number of unbranched alkanes of at least 4 members (excludes halogenated alkanes) is 6. The first-order valence-electron chi connectivity index (χ1n) is 27.3. The Labute approximate surface area is 452 Å². The predicted octanol–water partition coefficient (Wildman–Crippen LogP) is 14.2. The monoisotopic (exact) mass is 1030 g/mol. The molecule has 10 nitrogen and oxygen atoms in total. The third-order valence-electron chi connectivity index (χ3n) is 16.5. The fraction of sp³-hybridized carbons (Fsp3) is 0.313. The van der Waals surface area contributed by atoms with Crippen molar-refractivity contribution in [2.75, 3.05) is 36.0 Å². The van der Waals surface area contributed by atoms with Gasteiger partial charge in [0, 0.05) is 22.2 Å². The quantitative estimate of drug-likeness (QED) is 0.0407. The van der Waals surface area contributed by atoms with Gasteiger partial charge in [-0.15, -0.1) is 0 Å². The Kier molecular flexibility index (Phi) is 15.9. The molecule has 7 aromatic carbocycles. The number of hydrogen-bond acceptors (Lipinski definition) is 6. The molecular weight excluding hydrogens is 961 g/mol. The van der Waals surface area contributed by atoms with Gasteiger partial charge in [0.25, 0.3) is 0 Å². The molecular formula is C67H70N2O8. The van der Waals surface area contributed by atoms with E-state index < -0.39 is 55.5 Å². The summed E-state index contributed by atoms with van der Waals surface area (Å²) in [7, 11) is 0. The lowest BCUT2D eigenvalue weighted by Gasteiger charge is -2.35. The largest absolute Gasteiger partial charge is 0.480 e. The van der Waals surface area contributed by atoms with E-state index in [-0.39, 0.29) is 10.8 Å². The Hall–Kier alpha value is -7.98. The van der Waals surface area contributed by atoms with E-state index in [1.54, 1.807) is 24.3 Å². The summed E-state index contributed by atoms with van der Waals surface area (Å²) in [6, 6.07) is 55.0. The van der Waals surface area contributed by atoms with Gasteiger partial charge in [-0.2, -0.15) is 0 Å². The van der Waals surface area contributed by atoms with Crippen LogP contribution in [0.25, 0.3) is 33.4 Å². The molecule has 0 aliphatic heterocycles. The fourth-order valence-corrected chi connectivity index (χ4v) is 12.7. The summed E-state index contributed by atoms with van der Waals surface area (Å²) in [6.45, 7) is 7.20. The summed E-state index contributed by atoms with van der Waals surface area (Å²) in [4.78, 5) is 50.6. The maximum Gasteiger partial charge on any atom is 0.323 e. The van der Waals surface area contributed by atoms with Crippen LogP contribution in [0.5, 0.6) is 0 Å². The van der Waals surface area contributed by atoms with Crippen LogP contribution < -0.4 is 9.80 Å². The molecule has 0 heterocycles. The summed E-state index contributed by atoms with van der Waals surface area (Å²) in [6.07, 6.45) is 11.4. The molecule has 9 rings (SSSR count). The van der Waals surface area contributed by atoms with Crippen molar-refractivity contribution in [1.29, 1.82) is 0 Å². The van der Waals surface area contributed by atoms with E-state index in [0.717, 1.165) is 83.0 Å². The molecule has 0 bridgehead atoms. The number of rotatable bonds is 25. The van der Waals surface area contributed by atoms with Crippen LogP contribution in [0.3, 0.4) is 0 Å². The van der Waals surface area contributed by atoms with Crippen molar-refractivity contribution in [2.24, 2.45) is 0 Å². The molecule has 0 fully saturated rings.